The molecule has 0 radical (unpaired) electrons. The maximum Gasteiger partial charge on any atom is 0.235 e. The molecule has 0 saturated heterocycles. The average Bonchev–Trinajstić information content (AvgIpc) is 2.76. The van der Waals surface area contributed by atoms with Gasteiger partial charge in [0.15, 0.2) is 34.7 Å². The van der Waals surface area contributed by atoms with Crippen molar-refractivity contribution in [3.8, 4) is 5.75 Å². The van der Waals surface area contributed by atoms with Gasteiger partial charge in [0.25, 0.3) is 0 Å². The number of hydrogen-bond donors (Lipinski definition) is 3. The van der Waals surface area contributed by atoms with E-state index >= 15 is 0 Å². The highest BCUT2D eigenvalue weighted by atomic mass is 16.3. The first-order chi connectivity index (χ1) is 16.1. The number of phenols is 1. The van der Waals surface area contributed by atoms with Crippen LogP contribution in [0.2, 0.25) is 0 Å². The van der Waals surface area contributed by atoms with Gasteiger partial charge in [-0.15, -0.1) is 0 Å². The van der Waals surface area contributed by atoms with Gasteiger partial charge in [0.1, 0.15) is 5.75 Å². The van der Waals surface area contributed by atoms with Crippen molar-refractivity contribution in [2.24, 2.45) is 29.4 Å². The third-order valence-electron chi connectivity index (χ3n) is 7.59. The molecule has 2 saturated carbocycles. The van der Waals surface area contributed by atoms with Crippen LogP contribution in [0.25, 0.3) is 0 Å². The molecule has 9 heteroatoms. The van der Waals surface area contributed by atoms with E-state index in [1.54, 1.807) is 6.07 Å². The number of carbonyl (C=O) groups is 5. The molecule has 0 heterocycles. The molecule has 5 atom stereocenters. The van der Waals surface area contributed by atoms with Crippen LogP contribution in [0.15, 0.2) is 12.1 Å². The number of carbonyl (C=O) groups excluding carboxylic acids is 5. The molecule has 4 N–H and O–H groups in total. The van der Waals surface area contributed by atoms with Gasteiger partial charge in [-0.25, -0.2) is 0 Å². The minimum Gasteiger partial charge on any atom is -0.507 e. The first-order valence-electron chi connectivity index (χ1n) is 11.8. The van der Waals surface area contributed by atoms with E-state index < -0.39 is 58.3 Å². The van der Waals surface area contributed by atoms with Gasteiger partial charge < -0.3 is 20.8 Å². The van der Waals surface area contributed by atoms with E-state index in [0.717, 1.165) is 31.6 Å². The molecule has 34 heavy (non-hydrogen) atoms. The zero-order valence-corrected chi connectivity index (χ0v) is 19.4. The van der Waals surface area contributed by atoms with Crippen molar-refractivity contribution >= 4 is 34.7 Å². The predicted octanol–water partition coefficient (Wildman–Crippen LogP) is 0.953. The number of aromatic hydroxyl groups is 1. The molecule has 0 aromatic heterocycles. The number of nitrogens with two attached hydrogens (primary N) is 1. The Morgan fingerprint density at radius 2 is 1.74 bits per heavy atom. The van der Waals surface area contributed by atoms with Crippen LogP contribution in [0.3, 0.4) is 0 Å². The van der Waals surface area contributed by atoms with Crippen LogP contribution in [0.5, 0.6) is 5.75 Å². The standard InChI is InChI=1S/C25H30N2O7/c1-3-7-27(8-4-2)15-5-6-16(28)19-14(15)10-12-9-13-11-17(29)20(24(26)33)23(32)25(13,34)22(31)18(12)21(19)30/h5-6,12-13,18,20,28,34H,3-4,7-11H2,1-2H3,(H2,26,33). The number of rotatable bonds is 6. The summed E-state index contributed by atoms with van der Waals surface area (Å²) in [4.78, 5) is 66.4. The van der Waals surface area contributed by atoms with Crippen molar-refractivity contribution in [2.45, 2.75) is 51.6 Å². The van der Waals surface area contributed by atoms with Crippen molar-refractivity contribution < 1.29 is 34.2 Å². The van der Waals surface area contributed by atoms with E-state index in [2.05, 4.69) is 4.90 Å². The summed E-state index contributed by atoms with van der Waals surface area (Å²) in [7, 11) is 0. The number of primary amides is 1. The van der Waals surface area contributed by atoms with Gasteiger partial charge in [0.05, 0.1) is 11.5 Å². The van der Waals surface area contributed by atoms with Crippen molar-refractivity contribution in [3.63, 3.8) is 0 Å². The molecule has 0 bridgehead atoms. The van der Waals surface area contributed by atoms with E-state index in [0.29, 0.717) is 12.0 Å². The predicted molar refractivity (Wildman–Crippen MR) is 121 cm³/mol. The summed E-state index contributed by atoms with van der Waals surface area (Å²) in [5.41, 5.74) is 4.09. The zero-order chi connectivity index (χ0) is 24.9. The van der Waals surface area contributed by atoms with Crippen LogP contribution in [0.4, 0.5) is 5.69 Å². The van der Waals surface area contributed by atoms with Gasteiger partial charge in [-0.05, 0) is 49.3 Å². The van der Waals surface area contributed by atoms with E-state index in [1.807, 2.05) is 13.8 Å². The lowest BCUT2D eigenvalue weighted by molar-refractivity contribution is -0.175. The number of hydrogen-bond acceptors (Lipinski definition) is 8. The maximum atomic E-state index is 13.6. The SMILES string of the molecule is CCCN(CCC)c1ccc(O)c2c1CC1CC3CC(=O)C(C(N)=O)C(=O)C3(O)C(=O)C1C2=O. The van der Waals surface area contributed by atoms with Crippen molar-refractivity contribution in [1.82, 2.24) is 0 Å². The van der Waals surface area contributed by atoms with Gasteiger partial charge in [-0.1, -0.05) is 13.8 Å². The van der Waals surface area contributed by atoms with Crippen LogP contribution >= 0.6 is 0 Å². The minimum absolute atomic E-state index is 0.0390. The van der Waals surface area contributed by atoms with E-state index in [-0.39, 0.29) is 24.2 Å². The fourth-order valence-corrected chi connectivity index (χ4v) is 6.14. The Labute approximate surface area is 197 Å². The summed E-state index contributed by atoms with van der Waals surface area (Å²) in [6.45, 7) is 5.61. The Kier molecular flexibility index (Phi) is 6.10. The monoisotopic (exact) mass is 470 g/mol. The van der Waals surface area contributed by atoms with Crippen LogP contribution in [0, 0.1) is 23.7 Å². The topological polar surface area (TPSA) is 155 Å². The number of amides is 1. The van der Waals surface area contributed by atoms with Gasteiger partial charge in [-0.3, -0.25) is 24.0 Å². The zero-order valence-electron chi connectivity index (χ0n) is 19.4. The normalized spacial score (nSPS) is 30.4. The average molecular weight is 471 g/mol. The molecule has 3 aliphatic rings. The molecule has 1 amide bonds. The number of ketones is 4. The highest BCUT2D eigenvalue weighted by Gasteiger charge is 2.66. The lowest BCUT2D eigenvalue weighted by atomic mass is 9.54. The lowest BCUT2D eigenvalue weighted by Gasteiger charge is -2.48. The van der Waals surface area contributed by atoms with Gasteiger partial charge in [0, 0.05) is 31.1 Å². The van der Waals surface area contributed by atoms with Crippen molar-refractivity contribution in [2.75, 3.05) is 18.0 Å². The largest absolute Gasteiger partial charge is 0.507 e. The summed E-state index contributed by atoms with van der Waals surface area (Å²) >= 11 is 0. The molecule has 182 valence electrons. The van der Waals surface area contributed by atoms with Gasteiger partial charge in [-0.2, -0.15) is 0 Å². The van der Waals surface area contributed by atoms with E-state index in [1.165, 1.54) is 6.07 Å². The number of nitrogens with zero attached hydrogens (tertiary/aromatic N) is 1. The number of phenolic OH excluding ortho intramolecular Hbond substituents is 1. The summed E-state index contributed by atoms with van der Waals surface area (Å²) in [5, 5.41) is 21.8. The Morgan fingerprint density at radius 1 is 1.09 bits per heavy atom. The summed E-state index contributed by atoms with van der Waals surface area (Å²) in [5.74, 6) is -9.86. The summed E-state index contributed by atoms with van der Waals surface area (Å²) in [6, 6.07) is 3.21. The van der Waals surface area contributed by atoms with Crippen LogP contribution in [-0.4, -0.2) is 57.9 Å². The third kappa shape index (κ3) is 3.36. The van der Waals surface area contributed by atoms with Crippen molar-refractivity contribution in [3.05, 3.63) is 23.3 Å². The molecule has 1 aromatic carbocycles. The second-order valence-electron chi connectivity index (χ2n) is 9.68. The number of anilines is 1. The summed E-state index contributed by atoms with van der Waals surface area (Å²) in [6.07, 6.45) is 1.82. The molecule has 9 nitrogen and oxygen atoms in total. The molecule has 1 aromatic rings. The second-order valence-corrected chi connectivity index (χ2v) is 9.68. The quantitative estimate of drug-likeness (QED) is 0.519. The lowest BCUT2D eigenvalue weighted by Crippen LogP contribution is -2.68. The second kappa shape index (κ2) is 8.61. The Balaban J connectivity index is 1.80. The number of fused-ring (bicyclic) bond motifs is 3. The first-order valence-corrected chi connectivity index (χ1v) is 11.8. The first kappa shape index (κ1) is 24.1. The van der Waals surface area contributed by atoms with Crippen LogP contribution < -0.4 is 10.6 Å². The maximum absolute atomic E-state index is 13.6. The third-order valence-corrected chi connectivity index (χ3v) is 7.59. The van der Waals surface area contributed by atoms with Crippen molar-refractivity contribution in [1.29, 1.82) is 0 Å². The molecular weight excluding hydrogens is 440 g/mol. The Hall–Kier alpha value is -3.07. The smallest absolute Gasteiger partial charge is 0.235 e. The number of benzene rings is 1. The minimum atomic E-state index is -2.62. The molecule has 5 unspecified atom stereocenters. The Morgan fingerprint density at radius 3 is 2.32 bits per heavy atom. The number of Topliss-reactive ketones (excluding diaryl/α,β-unsaturated/α-hetero) is 4. The van der Waals surface area contributed by atoms with Gasteiger partial charge >= 0.3 is 0 Å². The molecule has 3 aliphatic carbocycles. The molecular formula is C25H30N2O7. The van der Waals surface area contributed by atoms with E-state index in [4.69, 9.17) is 5.73 Å². The van der Waals surface area contributed by atoms with E-state index in [9.17, 15) is 34.2 Å². The molecule has 2 fully saturated rings. The fraction of sp³-hybridized carbons (Fsp3) is 0.560. The van der Waals surface area contributed by atoms with Crippen LogP contribution in [-0.2, 0) is 25.6 Å². The highest BCUT2D eigenvalue weighted by molar-refractivity contribution is 6.31. The molecule has 0 aliphatic heterocycles. The Bertz CT molecular complexity index is 1090. The fourth-order valence-electron chi connectivity index (χ4n) is 6.14. The molecule has 0 spiro atoms. The van der Waals surface area contributed by atoms with Crippen LogP contribution in [0.1, 0.15) is 55.5 Å². The van der Waals surface area contributed by atoms with Gasteiger partial charge in [0.2, 0.25) is 5.91 Å². The molecule has 4 rings (SSSR count). The summed E-state index contributed by atoms with van der Waals surface area (Å²) < 4.78 is 0. The highest BCUT2D eigenvalue weighted by Crippen LogP contribution is 2.51. The number of aliphatic hydroxyl groups is 1.